The second-order valence-electron chi connectivity index (χ2n) is 3.97. The van der Waals surface area contributed by atoms with Gasteiger partial charge in [-0.25, -0.2) is 0 Å². The molecular formula is C10H17NO. The van der Waals surface area contributed by atoms with Crippen LogP contribution in [0.1, 0.15) is 19.3 Å². The molecule has 2 aliphatic heterocycles. The summed E-state index contributed by atoms with van der Waals surface area (Å²) in [6.45, 7) is 6.05. The van der Waals surface area contributed by atoms with Crippen LogP contribution in [0.4, 0.5) is 0 Å². The Morgan fingerprint density at radius 1 is 1.58 bits per heavy atom. The van der Waals surface area contributed by atoms with Gasteiger partial charge >= 0.3 is 0 Å². The van der Waals surface area contributed by atoms with Gasteiger partial charge in [0.2, 0.25) is 0 Å². The van der Waals surface area contributed by atoms with E-state index in [2.05, 4.69) is 11.5 Å². The Kier molecular flexibility index (Phi) is 2.20. The maximum Gasteiger partial charge on any atom is 0.0618 e. The minimum Gasteiger partial charge on any atom is -0.383 e. The minimum absolute atomic E-state index is 0.666. The third-order valence-electron chi connectivity index (χ3n) is 3.06. The molecule has 0 N–H and O–H groups in total. The Morgan fingerprint density at radius 3 is 3.17 bits per heavy atom. The zero-order chi connectivity index (χ0) is 8.55. The zero-order valence-electron chi connectivity index (χ0n) is 7.75. The topological polar surface area (TPSA) is 12.5 Å². The van der Waals surface area contributed by atoms with Gasteiger partial charge in [0, 0.05) is 25.7 Å². The van der Waals surface area contributed by atoms with Crippen LogP contribution in [0.5, 0.6) is 0 Å². The highest BCUT2D eigenvalue weighted by Gasteiger charge is 2.37. The van der Waals surface area contributed by atoms with E-state index >= 15 is 0 Å². The SMILES string of the molecule is C=C1C[C@H]2CC[C@@H](COC)N2C1. The van der Waals surface area contributed by atoms with Crippen molar-refractivity contribution in [1.29, 1.82) is 0 Å². The molecule has 0 saturated carbocycles. The van der Waals surface area contributed by atoms with Crippen molar-refractivity contribution in [2.75, 3.05) is 20.3 Å². The summed E-state index contributed by atoms with van der Waals surface area (Å²) in [6, 6.07) is 1.46. The first-order valence-corrected chi connectivity index (χ1v) is 4.72. The molecule has 2 atom stereocenters. The van der Waals surface area contributed by atoms with Crippen LogP contribution in [0.3, 0.4) is 0 Å². The van der Waals surface area contributed by atoms with Crippen LogP contribution in [0, 0.1) is 0 Å². The summed E-state index contributed by atoms with van der Waals surface area (Å²) in [5, 5.41) is 0. The normalized spacial score (nSPS) is 35.9. The molecule has 2 aliphatic rings. The van der Waals surface area contributed by atoms with Crippen molar-refractivity contribution in [3.05, 3.63) is 12.2 Å². The summed E-state index contributed by atoms with van der Waals surface area (Å²) in [7, 11) is 1.79. The average Bonchev–Trinajstić information content (AvgIpc) is 2.52. The molecule has 0 aromatic heterocycles. The molecule has 2 rings (SSSR count). The Balaban J connectivity index is 1.98. The predicted molar refractivity (Wildman–Crippen MR) is 49.1 cm³/mol. The molecule has 0 aromatic rings. The molecule has 0 spiro atoms. The van der Waals surface area contributed by atoms with Crippen molar-refractivity contribution < 1.29 is 4.74 Å². The molecule has 2 saturated heterocycles. The van der Waals surface area contributed by atoms with Gasteiger partial charge in [-0.1, -0.05) is 12.2 Å². The van der Waals surface area contributed by atoms with Gasteiger partial charge in [-0.15, -0.1) is 0 Å². The number of hydrogen-bond acceptors (Lipinski definition) is 2. The first-order valence-electron chi connectivity index (χ1n) is 4.72. The second kappa shape index (κ2) is 3.19. The van der Waals surface area contributed by atoms with E-state index in [1.807, 2.05) is 0 Å². The van der Waals surface area contributed by atoms with Gasteiger partial charge in [0.25, 0.3) is 0 Å². The first kappa shape index (κ1) is 8.27. The van der Waals surface area contributed by atoms with Crippen LogP contribution in [0.25, 0.3) is 0 Å². The Labute approximate surface area is 74.2 Å². The Bertz CT molecular complexity index is 188. The average molecular weight is 167 g/mol. The lowest BCUT2D eigenvalue weighted by molar-refractivity contribution is 0.115. The summed E-state index contributed by atoms with van der Waals surface area (Å²) in [5.41, 5.74) is 1.40. The maximum absolute atomic E-state index is 5.20. The van der Waals surface area contributed by atoms with Crippen molar-refractivity contribution >= 4 is 0 Å². The van der Waals surface area contributed by atoms with Crippen LogP contribution < -0.4 is 0 Å². The number of hydrogen-bond donors (Lipinski definition) is 0. The molecular weight excluding hydrogens is 150 g/mol. The Hall–Kier alpha value is -0.340. The van der Waals surface area contributed by atoms with Gasteiger partial charge in [0.1, 0.15) is 0 Å². The van der Waals surface area contributed by atoms with Gasteiger partial charge < -0.3 is 4.74 Å². The number of ether oxygens (including phenoxy) is 1. The first-order chi connectivity index (χ1) is 5.81. The van der Waals surface area contributed by atoms with Gasteiger partial charge in [-0.2, -0.15) is 0 Å². The highest BCUT2D eigenvalue weighted by molar-refractivity contribution is 5.11. The van der Waals surface area contributed by atoms with E-state index < -0.39 is 0 Å². The monoisotopic (exact) mass is 167 g/mol. The predicted octanol–water partition coefficient (Wildman–Crippen LogP) is 1.43. The molecule has 0 amide bonds. The van der Waals surface area contributed by atoms with E-state index in [1.165, 1.54) is 24.8 Å². The van der Waals surface area contributed by atoms with E-state index in [1.54, 1.807) is 7.11 Å². The molecule has 0 radical (unpaired) electrons. The fourth-order valence-corrected chi connectivity index (χ4v) is 2.52. The van der Waals surface area contributed by atoms with Gasteiger partial charge in [-0.3, -0.25) is 4.90 Å². The standard InChI is InChI=1S/C10H17NO/c1-8-5-9-3-4-10(7-12-2)11(9)6-8/h9-10H,1,3-7H2,2H3/t9-,10+/m1/s1. The summed E-state index contributed by atoms with van der Waals surface area (Å²) in [6.07, 6.45) is 3.87. The van der Waals surface area contributed by atoms with E-state index in [-0.39, 0.29) is 0 Å². The van der Waals surface area contributed by atoms with Crippen LogP contribution in [-0.4, -0.2) is 37.2 Å². The van der Waals surface area contributed by atoms with Crippen molar-refractivity contribution in [3.8, 4) is 0 Å². The third kappa shape index (κ3) is 1.29. The largest absolute Gasteiger partial charge is 0.383 e. The molecule has 0 unspecified atom stereocenters. The van der Waals surface area contributed by atoms with Gasteiger partial charge in [0.05, 0.1) is 6.61 Å². The van der Waals surface area contributed by atoms with E-state index in [9.17, 15) is 0 Å². The van der Waals surface area contributed by atoms with Crippen LogP contribution in [0.15, 0.2) is 12.2 Å². The lowest BCUT2D eigenvalue weighted by Gasteiger charge is -2.22. The lowest BCUT2D eigenvalue weighted by atomic mass is 10.1. The molecule has 2 nitrogen and oxygen atoms in total. The lowest BCUT2D eigenvalue weighted by Crippen LogP contribution is -2.34. The Morgan fingerprint density at radius 2 is 2.42 bits per heavy atom. The van der Waals surface area contributed by atoms with Crippen molar-refractivity contribution in [2.45, 2.75) is 31.3 Å². The zero-order valence-corrected chi connectivity index (χ0v) is 7.75. The number of nitrogens with zero attached hydrogens (tertiary/aromatic N) is 1. The number of methoxy groups -OCH3 is 1. The van der Waals surface area contributed by atoms with Gasteiger partial charge in [0.15, 0.2) is 0 Å². The molecule has 2 heteroatoms. The van der Waals surface area contributed by atoms with Gasteiger partial charge in [-0.05, 0) is 19.3 Å². The number of fused-ring (bicyclic) bond motifs is 1. The molecule has 0 aromatic carbocycles. The molecule has 0 bridgehead atoms. The summed E-state index contributed by atoms with van der Waals surface area (Å²) >= 11 is 0. The summed E-state index contributed by atoms with van der Waals surface area (Å²) in [4.78, 5) is 2.56. The van der Waals surface area contributed by atoms with Crippen LogP contribution >= 0.6 is 0 Å². The summed E-state index contributed by atoms with van der Waals surface area (Å²) in [5.74, 6) is 0. The van der Waals surface area contributed by atoms with Crippen molar-refractivity contribution in [1.82, 2.24) is 4.90 Å². The minimum atomic E-state index is 0.666. The van der Waals surface area contributed by atoms with E-state index in [4.69, 9.17) is 4.74 Å². The number of rotatable bonds is 2. The highest BCUT2D eigenvalue weighted by atomic mass is 16.5. The van der Waals surface area contributed by atoms with Crippen LogP contribution in [-0.2, 0) is 4.74 Å². The molecule has 68 valence electrons. The highest BCUT2D eigenvalue weighted by Crippen LogP contribution is 2.34. The molecule has 2 heterocycles. The smallest absolute Gasteiger partial charge is 0.0618 e. The fourth-order valence-electron chi connectivity index (χ4n) is 2.52. The van der Waals surface area contributed by atoms with Crippen molar-refractivity contribution in [2.24, 2.45) is 0 Å². The quantitative estimate of drug-likeness (QED) is 0.577. The molecule has 12 heavy (non-hydrogen) atoms. The maximum atomic E-state index is 5.20. The third-order valence-corrected chi connectivity index (χ3v) is 3.06. The molecule has 0 aliphatic carbocycles. The second-order valence-corrected chi connectivity index (χ2v) is 3.97. The fraction of sp³-hybridized carbons (Fsp3) is 0.800. The molecule has 2 fully saturated rings. The summed E-state index contributed by atoms with van der Waals surface area (Å²) < 4.78 is 5.20. The van der Waals surface area contributed by atoms with E-state index in [0.717, 1.165) is 19.2 Å². The van der Waals surface area contributed by atoms with Crippen molar-refractivity contribution in [3.63, 3.8) is 0 Å². The van der Waals surface area contributed by atoms with E-state index in [0.29, 0.717) is 6.04 Å². The van der Waals surface area contributed by atoms with Crippen LogP contribution in [0.2, 0.25) is 0 Å².